The second-order valence-electron chi connectivity index (χ2n) is 4.26. The molecule has 0 aromatic carbocycles. The number of aromatic nitrogens is 1. The van der Waals surface area contributed by atoms with Gasteiger partial charge in [0.2, 0.25) is 0 Å². The Kier molecular flexibility index (Phi) is 2.60. The minimum atomic E-state index is -4.56. The van der Waals surface area contributed by atoms with Gasteiger partial charge in [0.1, 0.15) is 11.5 Å². The first-order chi connectivity index (χ1) is 7.79. The van der Waals surface area contributed by atoms with E-state index in [4.69, 9.17) is 0 Å². The molecule has 6 heteroatoms. The van der Waals surface area contributed by atoms with Crippen LogP contribution in [0.15, 0.2) is 15.9 Å². The molecule has 1 aliphatic heterocycles. The lowest BCUT2D eigenvalue weighted by Crippen LogP contribution is -2.21. The summed E-state index contributed by atoms with van der Waals surface area (Å²) in [4.78, 5) is 17.8. The van der Waals surface area contributed by atoms with Crippen LogP contribution in [0.2, 0.25) is 0 Å². The number of hydrogen-bond donors (Lipinski definition) is 1. The van der Waals surface area contributed by atoms with E-state index in [2.05, 4.69) is 9.98 Å². The first-order valence-electron chi connectivity index (χ1n) is 5.17. The molecule has 2 rings (SSSR count). The number of halogens is 3. The van der Waals surface area contributed by atoms with Crippen molar-refractivity contribution in [1.82, 2.24) is 4.98 Å². The van der Waals surface area contributed by atoms with E-state index in [1.165, 1.54) is 0 Å². The molecule has 0 fully saturated rings. The van der Waals surface area contributed by atoms with Crippen LogP contribution in [0.1, 0.15) is 37.4 Å². The molecule has 0 saturated heterocycles. The second kappa shape index (κ2) is 3.72. The van der Waals surface area contributed by atoms with Crippen molar-refractivity contribution in [2.24, 2.45) is 4.99 Å². The molecule has 1 aliphatic rings. The molecular formula is C11H11F3N2O. The number of H-pyrrole nitrogens is 1. The average molecular weight is 244 g/mol. The van der Waals surface area contributed by atoms with Crippen molar-refractivity contribution < 1.29 is 13.2 Å². The van der Waals surface area contributed by atoms with Crippen molar-refractivity contribution in [1.29, 1.82) is 0 Å². The quantitative estimate of drug-likeness (QED) is 0.749. The second-order valence-corrected chi connectivity index (χ2v) is 4.26. The van der Waals surface area contributed by atoms with Gasteiger partial charge in [-0.1, -0.05) is 6.92 Å². The number of fused-ring (bicyclic) bond motifs is 1. The smallest absolute Gasteiger partial charge is 0.336 e. The Hall–Kier alpha value is -1.59. The monoisotopic (exact) mass is 244 g/mol. The van der Waals surface area contributed by atoms with Crippen molar-refractivity contribution in [3.63, 3.8) is 0 Å². The minimum absolute atomic E-state index is 0.0427. The van der Waals surface area contributed by atoms with E-state index in [9.17, 15) is 18.0 Å². The first-order valence-corrected chi connectivity index (χ1v) is 5.17. The Morgan fingerprint density at radius 1 is 1.47 bits per heavy atom. The van der Waals surface area contributed by atoms with Gasteiger partial charge < -0.3 is 4.98 Å². The standard InChI is InChI=1S/C11H11F3N2O/c1-5-3-6(2)15-10-9(5)7(17)4-8(16-10)11(12,13)14/h4-5H,3H2,1-2H3,(H,16,17). The molecule has 1 aromatic rings. The average Bonchev–Trinajstić information content (AvgIpc) is 2.13. The van der Waals surface area contributed by atoms with Gasteiger partial charge in [-0.2, -0.15) is 13.2 Å². The molecule has 92 valence electrons. The van der Waals surface area contributed by atoms with E-state index >= 15 is 0 Å². The predicted octanol–water partition coefficient (Wildman–Crippen LogP) is 2.99. The van der Waals surface area contributed by atoms with Gasteiger partial charge >= 0.3 is 6.18 Å². The summed E-state index contributed by atoms with van der Waals surface area (Å²) >= 11 is 0. The summed E-state index contributed by atoms with van der Waals surface area (Å²) in [5.41, 5.74) is -0.592. The third kappa shape index (κ3) is 2.11. The fourth-order valence-corrected chi connectivity index (χ4v) is 2.06. The molecule has 0 amide bonds. The fraction of sp³-hybridized carbons (Fsp3) is 0.455. The summed E-state index contributed by atoms with van der Waals surface area (Å²) in [6.45, 7) is 3.54. The highest BCUT2D eigenvalue weighted by atomic mass is 19.4. The summed E-state index contributed by atoms with van der Waals surface area (Å²) in [5, 5.41) is 0. The third-order valence-electron chi connectivity index (χ3n) is 2.75. The van der Waals surface area contributed by atoms with Gasteiger partial charge in [0, 0.05) is 17.3 Å². The largest absolute Gasteiger partial charge is 0.431 e. The first kappa shape index (κ1) is 11.9. The van der Waals surface area contributed by atoms with Crippen molar-refractivity contribution in [3.05, 3.63) is 27.5 Å². The van der Waals surface area contributed by atoms with Crippen LogP contribution in [0.3, 0.4) is 0 Å². The number of aromatic amines is 1. The number of pyridine rings is 1. The number of rotatable bonds is 0. The summed E-state index contributed by atoms with van der Waals surface area (Å²) < 4.78 is 37.5. The molecule has 0 aliphatic carbocycles. The zero-order valence-electron chi connectivity index (χ0n) is 9.35. The van der Waals surface area contributed by atoms with E-state index in [0.717, 1.165) is 5.71 Å². The van der Waals surface area contributed by atoms with Crippen molar-refractivity contribution in [2.45, 2.75) is 32.4 Å². The summed E-state index contributed by atoms with van der Waals surface area (Å²) in [5.74, 6) is -0.0605. The number of hydrogen-bond acceptors (Lipinski definition) is 2. The van der Waals surface area contributed by atoms with E-state index in [0.29, 0.717) is 18.1 Å². The predicted molar refractivity (Wildman–Crippen MR) is 57.9 cm³/mol. The molecule has 3 nitrogen and oxygen atoms in total. The Morgan fingerprint density at radius 2 is 2.12 bits per heavy atom. The van der Waals surface area contributed by atoms with E-state index in [1.54, 1.807) is 13.8 Å². The zero-order chi connectivity index (χ0) is 12.8. The topological polar surface area (TPSA) is 45.2 Å². The van der Waals surface area contributed by atoms with Gasteiger partial charge in [-0.3, -0.25) is 4.79 Å². The van der Waals surface area contributed by atoms with Crippen molar-refractivity contribution in [3.8, 4) is 0 Å². The molecule has 0 radical (unpaired) electrons. The molecule has 1 aromatic heterocycles. The maximum atomic E-state index is 12.5. The Morgan fingerprint density at radius 3 is 2.71 bits per heavy atom. The molecule has 0 bridgehead atoms. The van der Waals surface area contributed by atoms with Crippen molar-refractivity contribution in [2.75, 3.05) is 0 Å². The molecule has 17 heavy (non-hydrogen) atoms. The van der Waals surface area contributed by atoms with Crippen LogP contribution in [0.5, 0.6) is 0 Å². The van der Waals surface area contributed by atoms with Crippen LogP contribution in [-0.2, 0) is 6.18 Å². The zero-order valence-corrected chi connectivity index (χ0v) is 9.35. The van der Waals surface area contributed by atoms with Crippen LogP contribution < -0.4 is 5.43 Å². The van der Waals surface area contributed by atoms with Gasteiger partial charge in [0.25, 0.3) is 0 Å². The molecule has 0 spiro atoms. The fourth-order valence-electron chi connectivity index (χ4n) is 2.06. The molecular weight excluding hydrogens is 233 g/mol. The number of alkyl halides is 3. The third-order valence-corrected chi connectivity index (χ3v) is 2.75. The molecule has 0 saturated carbocycles. The summed E-state index contributed by atoms with van der Waals surface area (Å²) in [6.07, 6.45) is -3.96. The van der Waals surface area contributed by atoms with Gasteiger partial charge in [0.15, 0.2) is 5.43 Å². The van der Waals surface area contributed by atoms with Crippen LogP contribution in [-0.4, -0.2) is 10.7 Å². The Bertz CT molecular complexity index is 543. The lowest BCUT2D eigenvalue weighted by atomic mass is 9.93. The van der Waals surface area contributed by atoms with Crippen LogP contribution in [0.4, 0.5) is 19.0 Å². The number of nitrogens with zero attached hydrogens (tertiary/aromatic N) is 1. The Labute approximate surface area is 95.4 Å². The lowest BCUT2D eigenvalue weighted by molar-refractivity contribution is -0.141. The van der Waals surface area contributed by atoms with Crippen LogP contribution >= 0.6 is 0 Å². The van der Waals surface area contributed by atoms with E-state index < -0.39 is 17.3 Å². The molecule has 1 atom stereocenters. The van der Waals surface area contributed by atoms with E-state index in [1.807, 2.05) is 0 Å². The van der Waals surface area contributed by atoms with Gasteiger partial charge in [-0.25, -0.2) is 4.99 Å². The van der Waals surface area contributed by atoms with Crippen LogP contribution in [0, 0.1) is 0 Å². The minimum Gasteiger partial charge on any atom is -0.336 e. The molecule has 1 unspecified atom stereocenters. The number of nitrogens with one attached hydrogen (secondary N) is 1. The normalized spacial score (nSPS) is 19.8. The van der Waals surface area contributed by atoms with E-state index in [-0.39, 0.29) is 11.7 Å². The lowest BCUT2D eigenvalue weighted by Gasteiger charge is -2.20. The van der Waals surface area contributed by atoms with Gasteiger partial charge in [-0.15, -0.1) is 0 Å². The molecule has 2 heterocycles. The van der Waals surface area contributed by atoms with Crippen molar-refractivity contribution >= 4 is 11.5 Å². The summed E-state index contributed by atoms with van der Waals surface area (Å²) in [7, 11) is 0. The Balaban J connectivity index is 2.67. The highest BCUT2D eigenvalue weighted by Crippen LogP contribution is 2.34. The number of aliphatic imine (C=N–C) groups is 1. The maximum absolute atomic E-state index is 12.5. The molecule has 1 N–H and O–H groups in total. The van der Waals surface area contributed by atoms with Crippen LogP contribution in [0.25, 0.3) is 0 Å². The SMILES string of the molecule is CC1=Nc2[nH]c(C(F)(F)F)cc(=O)c2C(C)C1. The highest BCUT2D eigenvalue weighted by Gasteiger charge is 2.34. The van der Waals surface area contributed by atoms with Gasteiger partial charge in [-0.05, 0) is 19.3 Å². The highest BCUT2D eigenvalue weighted by molar-refractivity contribution is 5.87. The van der Waals surface area contributed by atoms with Gasteiger partial charge in [0.05, 0.1) is 0 Å². The summed E-state index contributed by atoms with van der Waals surface area (Å²) in [6, 6.07) is 0.603. The maximum Gasteiger partial charge on any atom is 0.431 e.